The lowest BCUT2D eigenvalue weighted by Gasteiger charge is -2.34. The van der Waals surface area contributed by atoms with Crippen LogP contribution in [-0.4, -0.2) is 81.0 Å². The van der Waals surface area contributed by atoms with Crippen molar-refractivity contribution < 1.29 is 14.3 Å². The Hall–Kier alpha value is -1.43. The summed E-state index contributed by atoms with van der Waals surface area (Å²) in [5.41, 5.74) is 2.18. The molecule has 4 atom stereocenters. The Morgan fingerprint density at radius 3 is 1.97 bits per heavy atom. The molecule has 10 heteroatoms. The highest BCUT2D eigenvalue weighted by Gasteiger charge is 2.27. The lowest BCUT2D eigenvalue weighted by molar-refractivity contribution is 0.0989. The van der Waals surface area contributed by atoms with E-state index in [0.717, 1.165) is 43.3 Å². The Kier molecular flexibility index (Phi) is 12.2. The van der Waals surface area contributed by atoms with Crippen molar-refractivity contribution in [3.8, 4) is 0 Å². The fraction of sp³-hybridized carbons (Fsp3) is 0.778. The van der Waals surface area contributed by atoms with Gasteiger partial charge in [0.2, 0.25) is 0 Å². The van der Waals surface area contributed by atoms with Crippen molar-refractivity contribution in [3.05, 3.63) is 23.5 Å². The van der Waals surface area contributed by atoms with Gasteiger partial charge in [0.15, 0.2) is 0 Å². The van der Waals surface area contributed by atoms with Crippen molar-refractivity contribution in [1.29, 1.82) is 0 Å². The topological polar surface area (TPSA) is 109 Å². The van der Waals surface area contributed by atoms with Crippen molar-refractivity contribution >= 4 is 17.9 Å². The van der Waals surface area contributed by atoms with Gasteiger partial charge >= 0.3 is 6.09 Å². The molecule has 0 unspecified atom stereocenters. The Morgan fingerprint density at radius 1 is 0.892 bits per heavy atom. The number of alkyl carbamates (subject to hydrolysis) is 1. The number of carbonyl (C=O) groups is 1. The predicted octanol–water partition coefficient (Wildman–Crippen LogP) is 2.54. The molecule has 2 heterocycles. The molecule has 2 saturated carbocycles. The van der Waals surface area contributed by atoms with Crippen molar-refractivity contribution in [3.63, 3.8) is 0 Å². The minimum absolute atomic E-state index is 0.265. The zero-order valence-corrected chi connectivity index (χ0v) is 23.2. The average Bonchev–Trinajstić information content (AvgIpc) is 2.92. The SMILES string of the molecule is COCCOC(=O)NCCSc1cc2nc(c1)CN[C@@H]1CCCC[C@H]1NCCN[C@@H]1CCCC[C@H]1NC2. The molecule has 208 valence electrons. The van der Waals surface area contributed by atoms with E-state index in [4.69, 9.17) is 14.5 Å². The molecule has 1 aliphatic heterocycles. The number of ether oxygens (including phenoxy) is 2. The fourth-order valence-electron chi connectivity index (χ4n) is 5.70. The van der Waals surface area contributed by atoms with Crippen LogP contribution in [0.5, 0.6) is 0 Å². The first-order valence-corrected chi connectivity index (χ1v) is 15.2. The van der Waals surface area contributed by atoms with Crippen molar-refractivity contribution in [1.82, 2.24) is 31.6 Å². The molecular formula is C27H46N6O3S. The number of nitrogens with zero attached hydrogens (tertiary/aromatic N) is 1. The smallest absolute Gasteiger partial charge is 0.407 e. The lowest BCUT2D eigenvalue weighted by Crippen LogP contribution is -2.53. The first-order valence-electron chi connectivity index (χ1n) is 14.2. The normalized spacial score (nSPS) is 27.2. The highest BCUT2D eigenvalue weighted by molar-refractivity contribution is 7.99. The second-order valence-electron chi connectivity index (χ2n) is 10.4. The Labute approximate surface area is 226 Å². The van der Waals surface area contributed by atoms with Crippen molar-refractivity contribution in [2.45, 2.75) is 93.5 Å². The van der Waals surface area contributed by atoms with Crippen molar-refractivity contribution in [2.75, 3.05) is 45.7 Å². The summed E-state index contributed by atoms with van der Waals surface area (Å²) in [6.45, 7) is 4.81. The quantitative estimate of drug-likeness (QED) is 0.266. The van der Waals surface area contributed by atoms with Crippen LogP contribution >= 0.6 is 11.8 Å². The van der Waals surface area contributed by atoms with Crippen LogP contribution in [0, 0.1) is 0 Å². The van der Waals surface area contributed by atoms with E-state index in [9.17, 15) is 4.79 Å². The van der Waals surface area contributed by atoms with Gasteiger partial charge in [-0.3, -0.25) is 4.98 Å². The molecule has 9 nitrogen and oxygen atoms in total. The minimum atomic E-state index is -0.397. The highest BCUT2D eigenvalue weighted by Crippen LogP contribution is 2.23. The number of nitrogens with one attached hydrogen (secondary N) is 5. The molecule has 1 aromatic heterocycles. The van der Waals surface area contributed by atoms with Crippen LogP contribution in [0.4, 0.5) is 4.79 Å². The largest absolute Gasteiger partial charge is 0.447 e. The summed E-state index contributed by atoms with van der Waals surface area (Å²) in [5.74, 6) is 0.770. The summed E-state index contributed by atoms with van der Waals surface area (Å²) in [7, 11) is 1.59. The van der Waals surface area contributed by atoms with Crippen LogP contribution in [0.25, 0.3) is 0 Å². The van der Waals surface area contributed by atoms with E-state index in [1.165, 1.54) is 56.3 Å². The van der Waals surface area contributed by atoms with Crippen LogP contribution < -0.4 is 26.6 Å². The molecule has 1 amide bonds. The Balaban J connectivity index is 1.40. The maximum atomic E-state index is 11.8. The molecule has 0 saturated heterocycles. The van der Waals surface area contributed by atoms with Gasteiger partial charge < -0.3 is 36.1 Å². The van der Waals surface area contributed by atoms with Crippen LogP contribution in [0.2, 0.25) is 0 Å². The van der Waals surface area contributed by atoms with Crippen LogP contribution in [0.15, 0.2) is 17.0 Å². The second-order valence-corrected chi connectivity index (χ2v) is 11.5. The van der Waals surface area contributed by atoms with Gasteiger partial charge in [-0.05, 0) is 37.8 Å². The molecule has 2 fully saturated rings. The third-order valence-electron chi connectivity index (χ3n) is 7.63. The van der Waals surface area contributed by atoms with Gasteiger partial charge in [-0.2, -0.15) is 0 Å². The molecular weight excluding hydrogens is 488 g/mol. The number of rotatable bonds is 7. The third kappa shape index (κ3) is 9.67. The standard InChI is InChI=1S/C27H46N6O3S/c1-35-13-14-36-27(34)30-12-15-37-22-16-20-18-31-25-8-4-2-6-23(25)28-10-11-29-24-7-3-5-9-26(24)32-19-21(17-22)33-20/h16-17,23-26,28-29,31-32H,2-15,18-19H2,1H3,(H,30,34)/t23-,24-,25-,26-/m1/s1. The van der Waals surface area contributed by atoms with Crippen LogP contribution in [0.3, 0.4) is 0 Å². The van der Waals surface area contributed by atoms with E-state index >= 15 is 0 Å². The molecule has 2 aliphatic carbocycles. The number of fused-ring (bicyclic) bond motifs is 4. The number of aromatic nitrogens is 1. The summed E-state index contributed by atoms with van der Waals surface area (Å²) >= 11 is 1.75. The van der Waals surface area contributed by atoms with Crippen LogP contribution in [-0.2, 0) is 22.6 Å². The summed E-state index contributed by atoms with van der Waals surface area (Å²) in [6.07, 6.45) is 9.69. The lowest BCUT2D eigenvalue weighted by atomic mass is 9.89. The van der Waals surface area contributed by atoms with E-state index in [1.807, 2.05) is 0 Å². The predicted molar refractivity (Wildman–Crippen MR) is 148 cm³/mol. The highest BCUT2D eigenvalue weighted by atomic mass is 32.2. The molecule has 37 heavy (non-hydrogen) atoms. The molecule has 0 radical (unpaired) electrons. The van der Waals surface area contributed by atoms with Gasteiger partial charge in [-0.1, -0.05) is 25.7 Å². The second kappa shape index (κ2) is 15.9. The van der Waals surface area contributed by atoms with Gasteiger partial charge in [0.25, 0.3) is 0 Å². The summed E-state index contributed by atoms with van der Waals surface area (Å²) in [6, 6.07) is 6.41. The zero-order chi connectivity index (χ0) is 25.7. The number of carbonyl (C=O) groups excluding carboxylic acids is 1. The van der Waals surface area contributed by atoms with E-state index in [-0.39, 0.29) is 6.61 Å². The third-order valence-corrected chi connectivity index (χ3v) is 8.60. The van der Waals surface area contributed by atoms with E-state index in [2.05, 4.69) is 38.7 Å². The van der Waals surface area contributed by atoms with Crippen LogP contribution in [0.1, 0.15) is 62.8 Å². The molecule has 2 bridgehead atoms. The number of methoxy groups -OCH3 is 1. The molecule has 0 aromatic carbocycles. The molecule has 0 spiro atoms. The fourth-order valence-corrected chi connectivity index (χ4v) is 6.58. The first-order chi connectivity index (χ1) is 18.2. The molecule has 3 aliphatic rings. The summed E-state index contributed by atoms with van der Waals surface area (Å²) in [4.78, 5) is 18.0. The zero-order valence-electron chi connectivity index (χ0n) is 22.4. The molecule has 5 N–H and O–H groups in total. The maximum Gasteiger partial charge on any atom is 0.407 e. The maximum absolute atomic E-state index is 11.8. The number of amides is 1. The van der Waals surface area contributed by atoms with E-state index in [1.54, 1.807) is 18.9 Å². The Bertz CT molecular complexity index is 783. The number of pyridine rings is 1. The van der Waals surface area contributed by atoms with Gasteiger partial charge in [-0.15, -0.1) is 11.8 Å². The van der Waals surface area contributed by atoms with Gasteiger partial charge in [-0.25, -0.2) is 4.79 Å². The summed E-state index contributed by atoms with van der Waals surface area (Å²) in [5, 5.41) is 18.1. The summed E-state index contributed by atoms with van der Waals surface area (Å²) < 4.78 is 9.98. The Morgan fingerprint density at radius 2 is 1.43 bits per heavy atom. The minimum Gasteiger partial charge on any atom is -0.447 e. The first kappa shape index (κ1) is 28.6. The number of hydrogen-bond acceptors (Lipinski definition) is 9. The monoisotopic (exact) mass is 534 g/mol. The molecule has 1 aromatic rings. The number of thioether (sulfide) groups is 1. The van der Waals surface area contributed by atoms with Gasteiger partial charge in [0.05, 0.1) is 18.0 Å². The van der Waals surface area contributed by atoms with Gasteiger partial charge in [0.1, 0.15) is 6.61 Å². The number of hydrogen-bond donors (Lipinski definition) is 5. The van der Waals surface area contributed by atoms with E-state index in [0.29, 0.717) is 37.3 Å². The average molecular weight is 535 g/mol. The van der Waals surface area contributed by atoms with Crippen molar-refractivity contribution in [2.24, 2.45) is 0 Å². The molecule has 4 rings (SSSR count). The van der Waals surface area contributed by atoms with E-state index < -0.39 is 6.09 Å². The van der Waals surface area contributed by atoms with Gasteiger partial charge in [0, 0.05) is 74.6 Å².